The minimum atomic E-state index is -1.19. The average molecular weight is 510 g/mol. The average Bonchev–Trinajstić information content (AvgIpc) is 3.17. The van der Waals surface area contributed by atoms with Gasteiger partial charge in [-0.05, 0) is 57.0 Å². The lowest BCUT2D eigenvalue weighted by Gasteiger charge is -2.21. The van der Waals surface area contributed by atoms with Crippen LogP contribution < -0.4 is 16.0 Å². The van der Waals surface area contributed by atoms with Crippen LogP contribution in [0.2, 0.25) is 0 Å². The Kier molecular flexibility index (Phi) is 9.18. The lowest BCUT2D eigenvalue weighted by molar-refractivity contribution is -0.142. The number of aryl methyl sites for hydroxylation is 1. The number of amides is 3. The van der Waals surface area contributed by atoms with Gasteiger partial charge in [-0.1, -0.05) is 6.07 Å². The molecule has 190 valence electrons. The van der Waals surface area contributed by atoms with Crippen molar-refractivity contribution in [2.24, 2.45) is 0 Å². The molecule has 2 aromatic rings. The molecule has 0 saturated heterocycles. The van der Waals surface area contributed by atoms with Crippen molar-refractivity contribution in [3.8, 4) is 5.75 Å². The highest BCUT2D eigenvalue weighted by Crippen LogP contribution is 2.22. The second kappa shape index (κ2) is 11.6. The molecule has 0 bridgehead atoms. The van der Waals surface area contributed by atoms with Gasteiger partial charge in [0.05, 0.1) is 23.4 Å². The number of benzene rings is 1. The maximum absolute atomic E-state index is 13.2. The van der Waals surface area contributed by atoms with Crippen LogP contribution in [0.3, 0.4) is 0 Å². The fraction of sp³-hybridized carbons (Fsp3) is 0.391. The quantitative estimate of drug-likeness (QED) is 0.401. The summed E-state index contributed by atoms with van der Waals surface area (Å²) in [6.07, 6.45) is -0.763. The van der Waals surface area contributed by atoms with Gasteiger partial charge in [-0.15, -0.1) is 11.3 Å². The van der Waals surface area contributed by atoms with Gasteiger partial charge in [0.25, 0.3) is 11.8 Å². The fourth-order valence-electron chi connectivity index (χ4n) is 2.82. The van der Waals surface area contributed by atoms with Crippen LogP contribution >= 0.6 is 11.3 Å². The van der Waals surface area contributed by atoms with Gasteiger partial charge in [0.2, 0.25) is 0 Å². The molecule has 1 atom stereocenters. The van der Waals surface area contributed by atoms with Crippen LogP contribution in [0.1, 0.15) is 51.2 Å². The number of aromatic hydroxyl groups is 1. The van der Waals surface area contributed by atoms with E-state index in [1.54, 1.807) is 27.7 Å². The zero-order chi connectivity index (χ0) is 26.3. The number of hydrogen-bond acceptors (Lipinski definition) is 8. The van der Waals surface area contributed by atoms with Crippen LogP contribution in [-0.4, -0.2) is 54.3 Å². The van der Waals surface area contributed by atoms with E-state index in [-0.39, 0.29) is 22.8 Å². The molecule has 35 heavy (non-hydrogen) atoms. The van der Waals surface area contributed by atoms with Crippen LogP contribution in [0, 0.1) is 12.7 Å². The number of halogens is 1. The van der Waals surface area contributed by atoms with E-state index in [9.17, 15) is 28.7 Å². The first kappa shape index (κ1) is 27.6. The van der Waals surface area contributed by atoms with E-state index in [4.69, 9.17) is 9.47 Å². The number of hydrogen-bond donors (Lipinski definition) is 4. The number of rotatable bonds is 8. The molecule has 10 nitrogen and oxygen atoms in total. The van der Waals surface area contributed by atoms with Crippen LogP contribution in [0.25, 0.3) is 0 Å². The Bertz CT molecular complexity index is 1110. The number of methoxy groups -OCH3 is 1. The highest BCUT2D eigenvalue weighted by molar-refractivity contribution is 7.16. The van der Waals surface area contributed by atoms with E-state index >= 15 is 0 Å². The van der Waals surface area contributed by atoms with E-state index in [0.29, 0.717) is 11.1 Å². The van der Waals surface area contributed by atoms with E-state index in [1.165, 1.54) is 18.2 Å². The Balaban J connectivity index is 2.04. The number of phenolic OH excluding ortho intramolecular Hbond substituents is 1. The zero-order valence-corrected chi connectivity index (χ0v) is 20.8. The lowest BCUT2D eigenvalue weighted by atomic mass is 10.2. The molecule has 0 saturated carbocycles. The molecule has 1 aromatic carbocycles. The lowest BCUT2D eigenvalue weighted by Crippen LogP contribution is -2.49. The molecule has 0 aliphatic carbocycles. The summed E-state index contributed by atoms with van der Waals surface area (Å²) < 4.78 is 23.0. The third-order valence-electron chi connectivity index (χ3n) is 4.45. The minimum Gasteiger partial charge on any atom is -0.505 e. The summed E-state index contributed by atoms with van der Waals surface area (Å²) in [5, 5.41) is 17.0. The summed E-state index contributed by atoms with van der Waals surface area (Å²) in [5.41, 5.74) is 0.249. The maximum Gasteiger partial charge on any atom is 0.407 e. The summed E-state index contributed by atoms with van der Waals surface area (Å²) in [7, 11) is 1.15. The predicted octanol–water partition coefficient (Wildman–Crippen LogP) is 2.63. The summed E-state index contributed by atoms with van der Waals surface area (Å²) in [5.74, 6) is -3.17. The Morgan fingerprint density at radius 1 is 1.11 bits per heavy atom. The predicted molar refractivity (Wildman–Crippen MR) is 126 cm³/mol. The molecule has 1 heterocycles. The molecule has 1 aromatic heterocycles. The maximum atomic E-state index is 13.2. The molecule has 0 fully saturated rings. The largest absolute Gasteiger partial charge is 0.505 e. The molecule has 1 unspecified atom stereocenters. The smallest absolute Gasteiger partial charge is 0.407 e. The van der Waals surface area contributed by atoms with Gasteiger partial charge >= 0.3 is 12.1 Å². The molecule has 2 rings (SSSR count). The topological polar surface area (TPSA) is 143 Å². The van der Waals surface area contributed by atoms with Gasteiger partial charge in [-0.2, -0.15) is 0 Å². The molecule has 12 heteroatoms. The number of alkyl carbamates (subject to hydrolysis) is 1. The van der Waals surface area contributed by atoms with Crippen molar-refractivity contribution < 1.29 is 38.1 Å². The van der Waals surface area contributed by atoms with Crippen molar-refractivity contribution in [3.05, 3.63) is 51.0 Å². The van der Waals surface area contributed by atoms with Gasteiger partial charge in [-0.3, -0.25) is 9.59 Å². The second-order valence-electron chi connectivity index (χ2n) is 8.52. The number of nitrogens with one attached hydrogen (secondary N) is 3. The van der Waals surface area contributed by atoms with Crippen LogP contribution in [-0.2, 0) is 20.8 Å². The van der Waals surface area contributed by atoms with Crippen molar-refractivity contribution in [1.82, 2.24) is 16.0 Å². The van der Waals surface area contributed by atoms with Crippen LogP contribution in [0.4, 0.5) is 9.18 Å². The number of esters is 1. The van der Waals surface area contributed by atoms with Gasteiger partial charge in [0.1, 0.15) is 11.6 Å². The van der Waals surface area contributed by atoms with Crippen LogP contribution in [0.5, 0.6) is 5.75 Å². The first-order valence-corrected chi connectivity index (χ1v) is 11.3. The molecule has 0 spiro atoms. The Morgan fingerprint density at radius 2 is 1.80 bits per heavy atom. The molecular formula is C23H28FN3O7S. The van der Waals surface area contributed by atoms with E-state index in [1.807, 2.05) is 0 Å². The first-order chi connectivity index (χ1) is 16.3. The summed E-state index contributed by atoms with van der Waals surface area (Å²) >= 11 is 0.912. The van der Waals surface area contributed by atoms with Crippen molar-refractivity contribution in [1.29, 1.82) is 0 Å². The highest BCUT2D eigenvalue weighted by Gasteiger charge is 2.26. The molecule has 3 amide bonds. The van der Waals surface area contributed by atoms with E-state index < -0.39 is 47.1 Å². The number of phenols is 1. The molecular weight excluding hydrogens is 481 g/mol. The zero-order valence-electron chi connectivity index (χ0n) is 20.0. The highest BCUT2D eigenvalue weighted by atomic mass is 32.1. The van der Waals surface area contributed by atoms with Crippen molar-refractivity contribution in [2.45, 2.75) is 45.9 Å². The number of thiophene rings is 1. The molecule has 0 aliphatic heterocycles. The summed E-state index contributed by atoms with van der Waals surface area (Å²) in [4.78, 5) is 49.8. The molecule has 0 aliphatic rings. The number of carbonyl (C=O) groups excluding carboxylic acids is 4. The third kappa shape index (κ3) is 8.25. The van der Waals surface area contributed by atoms with Crippen molar-refractivity contribution in [2.75, 3.05) is 13.7 Å². The van der Waals surface area contributed by atoms with E-state index in [0.717, 1.165) is 24.5 Å². The first-order valence-electron chi connectivity index (χ1n) is 10.5. The van der Waals surface area contributed by atoms with Crippen molar-refractivity contribution >= 4 is 35.2 Å². The number of ether oxygens (including phenoxy) is 2. The fourth-order valence-corrected chi connectivity index (χ4v) is 3.81. The number of carbonyl (C=O) groups is 4. The molecule has 4 N–H and O–H groups in total. The SMILES string of the molecule is COC(=O)C(CNC(=O)OC(C)(C)C)NC(=O)c1sc(C(=O)NCc2ccc(F)c(O)c2)cc1C. The van der Waals surface area contributed by atoms with Gasteiger partial charge < -0.3 is 30.5 Å². The van der Waals surface area contributed by atoms with Crippen LogP contribution in [0.15, 0.2) is 24.3 Å². The minimum absolute atomic E-state index is 0.0336. The van der Waals surface area contributed by atoms with Crippen molar-refractivity contribution in [3.63, 3.8) is 0 Å². The Morgan fingerprint density at radius 3 is 2.40 bits per heavy atom. The molecule has 0 radical (unpaired) electrons. The Hall–Kier alpha value is -3.67. The monoisotopic (exact) mass is 509 g/mol. The standard InChI is InChI=1S/C23H28FN3O7S/c1-12-8-17(19(29)25-10-13-6-7-14(24)16(28)9-13)35-18(12)20(30)27-15(21(31)33-5)11-26-22(32)34-23(2,3)4/h6-9,15,28H,10-11H2,1-5H3,(H,25,29)(H,26,32)(H,27,30). The second-order valence-corrected chi connectivity index (χ2v) is 9.58. The Labute approximate surface area is 205 Å². The van der Waals surface area contributed by atoms with Gasteiger partial charge in [0.15, 0.2) is 11.6 Å². The summed E-state index contributed by atoms with van der Waals surface area (Å²) in [6.45, 7) is 6.45. The van der Waals surface area contributed by atoms with E-state index in [2.05, 4.69) is 16.0 Å². The van der Waals surface area contributed by atoms with Gasteiger partial charge in [-0.25, -0.2) is 14.0 Å². The summed E-state index contributed by atoms with van der Waals surface area (Å²) in [6, 6.07) is 4.04. The normalized spacial score (nSPS) is 11.8. The third-order valence-corrected chi connectivity index (χ3v) is 5.69. The van der Waals surface area contributed by atoms with Gasteiger partial charge in [0, 0.05) is 6.54 Å².